The molecule has 0 heterocycles. The van der Waals surface area contributed by atoms with Gasteiger partial charge in [0.05, 0.1) is 5.60 Å². The van der Waals surface area contributed by atoms with Crippen molar-refractivity contribution in [2.75, 3.05) is 7.11 Å². The van der Waals surface area contributed by atoms with Gasteiger partial charge >= 0.3 is 0 Å². The Kier molecular flexibility index (Phi) is 4.88. The first-order valence-electron chi connectivity index (χ1n) is 6.16. The Hall–Kier alpha value is -1.15. The van der Waals surface area contributed by atoms with Gasteiger partial charge in [-0.25, -0.2) is 0 Å². The fraction of sp³-hybridized carbons (Fsp3) is 0.533. The maximum atomic E-state index is 12.0. The van der Waals surface area contributed by atoms with E-state index in [1.807, 2.05) is 38.1 Å². The average Bonchev–Trinajstić information content (AvgIpc) is 2.36. The number of methoxy groups -OCH3 is 1. The van der Waals surface area contributed by atoms with Gasteiger partial charge in [-0.2, -0.15) is 0 Å². The monoisotopic (exact) mass is 234 g/mol. The lowest BCUT2D eigenvalue weighted by molar-refractivity contribution is 0.0141. The normalized spacial score (nSPS) is 11.5. The van der Waals surface area contributed by atoms with Crippen LogP contribution in [0.15, 0.2) is 24.3 Å². The molecule has 0 aromatic heterocycles. The van der Waals surface area contributed by atoms with Gasteiger partial charge in [0.15, 0.2) is 5.78 Å². The third kappa shape index (κ3) is 4.31. The van der Waals surface area contributed by atoms with Crippen LogP contribution in [0.5, 0.6) is 0 Å². The van der Waals surface area contributed by atoms with Gasteiger partial charge in [0.2, 0.25) is 0 Å². The third-order valence-corrected chi connectivity index (χ3v) is 3.19. The van der Waals surface area contributed by atoms with E-state index >= 15 is 0 Å². The maximum absolute atomic E-state index is 12.0. The summed E-state index contributed by atoms with van der Waals surface area (Å²) in [5.41, 5.74) is 1.84. The number of benzene rings is 1. The van der Waals surface area contributed by atoms with Gasteiger partial charge in [-0.05, 0) is 32.3 Å². The molecule has 0 atom stereocenters. The van der Waals surface area contributed by atoms with Crippen LogP contribution in [0.1, 0.15) is 49.5 Å². The summed E-state index contributed by atoms with van der Waals surface area (Å²) in [6.45, 7) is 6.11. The molecule has 0 aliphatic carbocycles. The molecule has 0 fully saturated rings. The van der Waals surface area contributed by atoms with Crippen LogP contribution < -0.4 is 0 Å². The Morgan fingerprint density at radius 1 is 1.24 bits per heavy atom. The van der Waals surface area contributed by atoms with E-state index in [2.05, 4.69) is 6.92 Å². The number of ketones is 1. The minimum absolute atomic E-state index is 0.192. The van der Waals surface area contributed by atoms with Gasteiger partial charge in [-0.3, -0.25) is 4.79 Å². The second-order valence-corrected chi connectivity index (χ2v) is 4.94. The van der Waals surface area contributed by atoms with Gasteiger partial charge in [0.25, 0.3) is 0 Å². The average molecular weight is 234 g/mol. The van der Waals surface area contributed by atoms with Crippen LogP contribution in [-0.2, 0) is 11.2 Å². The molecule has 1 aromatic rings. The lowest BCUT2D eigenvalue weighted by atomic mass is 9.97. The van der Waals surface area contributed by atoms with E-state index in [-0.39, 0.29) is 11.4 Å². The van der Waals surface area contributed by atoms with Crippen molar-refractivity contribution in [1.82, 2.24) is 0 Å². The van der Waals surface area contributed by atoms with Gasteiger partial charge in [-0.15, -0.1) is 0 Å². The molecule has 0 spiro atoms. The van der Waals surface area contributed by atoms with Crippen molar-refractivity contribution >= 4 is 5.78 Å². The van der Waals surface area contributed by atoms with E-state index < -0.39 is 0 Å². The van der Waals surface area contributed by atoms with Crippen molar-refractivity contribution in [2.24, 2.45) is 0 Å². The number of Topliss-reactive ketones (excluding diaryl/α,β-unsaturated/α-hetero) is 1. The molecule has 0 saturated heterocycles. The van der Waals surface area contributed by atoms with E-state index in [0.717, 1.165) is 18.4 Å². The molecule has 0 aliphatic rings. The Labute approximate surface area is 104 Å². The van der Waals surface area contributed by atoms with Gasteiger partial charge in [0.1, 0.15) is 0 Å². The van der Waals surface area contributed by atoms with Gasteiger partial charge in [0, 0.05) is 19.1 Å². The van der Waals surface area contributed by atoms with Gasteiger partial charge in [-0.1, -0.05) is 31.2 Å². The summed E-state index contributed by atoms with van der Waals surface area (Å²) < 4.78 is 5.31. The second kappa shape index (κ2) is 5.97. The molecule has 0 saturated carbocycles. The Bertz CT molecular complexity index is 363. The molecule has 94 valence electrons. The van der Waals surface area contributed by atoms with Crippen molar-refractivity contribution in [1.29, 1.82) is 0 Å². The molecular formula is C15H22O2. The van der Waals surface area contributed by atoms with Crippen LogP contribution >= 0.6 is 0 Å². The molecular weight excluding hydrogens is 212 g/mol. The number of carbonyl (C=O) groups is 1. The zero-order chi connectivity index (χ0) is 12.9. The molecule has 0 amide bonds. The highest BCUT2D eigenvalue weighted by molar-refractivity contribution is 5.96. The molecule has 0 bridgehead atoms. The van der Waals surface area contributed by atoms with Crippen LogP contribution in [-0.4, -0.2) is 18.5 Å². The number of aryl methyl sites for hydroxylation is 1. The first-order valence-corrected chi connectivity index (χ1v) is 6.16. The number of hydrogen-bond donors (Lipinski definition) is 0. The smallest absolute Gasteiger partial charge is 0.162 e. The lowest BCUT2D eigenvalue weighted by Crippen LogP contribution is -2.23. The van der Waals surface area contributed by atoms with Crippen LogP contribution in [0.3, 0.4) is 0 Å². The zero-order valence-electron chi connectivity index (χ0n) is 11.2. The van der Waals surface area contributed by atoms with Crippen molar-refractivity contribution in [2.45, 2.75) is 45.6 Å². The fourth-order valence-corrected chi connectivity index (χ4v) is 1.59. The summed E-state index contributed by atoms with van der Waals surface area (Å²) in [5.74, 6) is 0.192. The van der Waals surface area contributed by atoms with Crippen molar-refractivity contribution < 1.29 is 9.53 Å². The van der Waals surface area contributed by atoms with Crippen molar-refractivity contribution in [3.8, 4) is 0 Å². The molecule has 0 unspecified atom stereocenters. The largest absolute Gasteiger partial charge is 0.379 e. The van der Waals surface area contributed by atoms with E-state index in [1.54, 1.807) is 7.11 Å². The van der Waals surface area contributed by atoms with Crippen LogP contribution in [0.25, 0.3) is 0 Å². The van der Waals surface area contributed by atoms with Gasteiger partial charge < -0.3 is 4.74 Å². The highest BCUT2D eigenvalue weighted by Crippen LogP contribution is 2.17. The number of rotatable bonds is 6. The molecule has 0 aliphatic heterocycles. The minimum Gasteiger partial charge on any atom is -0.379 e. The summed E-state index contributed by atoms with van der Waals surface area (Å²) in [7, 11) is 1.68. The summed E-state index contributed by atoms with van der Waals surface area (Å²) in [6, 6.07) is 7.88. The predicted molar refractivity (Wildman–Crippen MR) is 70.5 cm³/mol. The summed E-state index contributed by atoms with van der Waals surface area (Å²) in [4.78, 5) is 12.0. The Balaban J connectivity index is 2.58. The summed E-state index contributed by atoms with van der Waals surface area (Å²) in [6.07, 6.45) is 2.29. The van der Waals surface area contributed by atoms with Crippen LogP contribution in [0.2, 0.25) is 0 Å². The zero-order valence-corrected chi connectivity index (χ0v) is 11.2. The highest BCUT2D eigenvalue weighted by atomic mass is 16.5. The first kappa shape index (κ1) is 13.9. The van der Waals surface area contributed by atoms with Crippen LogP contribution in [0, 0.1) is 0 Å². The predicted octanol–water partition coefficient (Wildman–Crippen LogP) is 3.64. The molecule has 1 rings (SSSR count). The van der Waals surface area contributed by atoms with Crippen molar-refractivity contribution in [3.05, 3.63) is 35.4 Å². The van der Waals surface area contributed by atoms with E-state index in [0.29, 0.717) is 6.42 Å². The molecule has 0 radical (unpaired) electrons. The fourth-order valence-electron chi connectivity index (χ4n) is 1.59. The van der Waals surface area contributed by atoms with E-state index in [9.17, 15) is 4.79 Å². The first-order chi connectivity index (χ1) is 7.98. The van der Waals surface area contributed by atoms with Crippen molar-refractivity contribution in [3.63, 3.8) is 0 Å². The van der Waals surface area contributed by atoms with Crippen LogP contribution in [0.4, 0.5) is 0 Å². The molecule has 1 aromatic carbocycles. The number of carbonyl (C=O) groups excluding carboxylic acids is 1. The topological polar surface area (TPSA) is 26.3 Å². The molecule has 2 heteroatoms. The third-order valence-electron chi connectivity index (χ3n) is 3.19. The Morgan fingerprint density at radius 3 is 2.29 bits per heavy atom. The minimum atomic E-state index is -0.223. The summed E-state index contributed by atoms with van der Waals surface area (Å²) >= 11 is 0. The summed E-state index contributed by atoms with van der Waals surface area (Å²) in [5, 5.41) is 0. The highest BCUT2D eigenvalue weighted by Gasteiger charge is 2.18. The SMILES string of the molecule is CCc1ccc(C(=O)CCC(C)(C)OC)cc1. The number of ether oxygens (including phenoxy) is 1. The lowest BCUT2D eigenvalue weighted by Gasteiger charge is -2.22. The standard InChI is InChI=1S/C15H22O2/c1-5-12-6-8-13(9-7-12)14(16)10-11-15(2,3)17-4/h6-9H,5,10-11H2,1-4H3. The molecule has 0 N–H and O–H groups in total. The molecule has 17 heavy (non-hydrogen) atoms. The maximum Gasteiger partial charge on any atom is 0.162 e. The molecule has 2 nitrogen and oxygen atoms in total. The van der Waals surface area contributed by atoms with E-state index in [4.69, 9.17) is 4.74 Å². The Morgan fingerprint density at radius 2 is 1.82 bits per heavy atom. The number of hydrogen-bond acceptors (Lipinski definition) is 2. The van der Waals surface area contributed by atoms with E-state index in [1.165, 1.54) is 5.56 Å². The second-order valence-electron chi connectivity index (χ2n) is 4.94. The quantitative estimate of drug-likeness (QED) is 0.702.